The van der Waals surface area contributed by atoms with Crippen molar-refractivity contribution in [1.29, 1.82) is 0 Å². The van der Waals surface area contributed by atoms with Crippen LogP contribution in [-0.4, -0.2) is 26.0 Å². The molecule has 0 aromatic rings. The Hall–Kier alpha value is 0.440. The van der Waals surface area contributed by atoms with Crippen LogP contribution in [0, 0.1) is 0 Å². The maximum Gasteiger partial charge on any atom is 0.141 e. The summed E-state index contributed by atoms with van der Waals surface area (Å²) in [6.07, 6.45) is 3.72. The van der Waals surface area contributed by atoms with E-state index in [1.54, 1.807) is 0 Å². The first kappa shape index (κ1) is 12.5. The monoisotopic (exact) mass is 269 g/mol. The molecule has 1 rings (SSSR count). The molecular weight excluding hydrogens is 254 g/mol. The summed E-state index contributed by atoms with van der Waals surface area (Å²) >= 11 is 13.2. The molecule has 0 amide bonds. The second-order valence-electron chi connectivity index (χ2n) is 3.08. The van der Waals surface area contributed by atoms with Crippen molar-refractivity contribution >= 4 is 57.0 Å². The van der Waals surface area contributed by atoms with E-state index in [1.807, 2.05) is 0 Å². The normalized spacial score (nSPS) is 21.4. The van der Waals surface area contributed by atoms with Crippen LogP contribution in [0.4, 0.5) is 0 Å². The van der Waals surface area contributed by atoms with E-state index >= 15 is 0 Å². The number of thiocarbonyl (C=S) groups is 2. The minimum Gasteiger partial charge on any atom is -0.384 e. The van der Waals surface area contributed by atoms with E-state index < -0.39 is 11.3 Å². The average molecular weight is 269 g/mol. The highest BCUT2D eigenvalue weighted by atomic mass is 32.2. The summed E-state index contributed by atoms with van der Waals surface area (Å²) in [7, 11) is 0. The lowest BCUT2D eigenvalue weighted by molar-refractivity contribution is 0.378. The maximum absolute atomic E-state index is 5.68. The lowest BCUT2D eigenvalue weighted by Crippen LogP contribution is -2.38. The average Bonchev–Trinajstić information content (AvgIpc) is 2.15. The van der Waals surface area contributed by atoms with Gasteiger partial charge in [-0.25, -0.2) is 4.31 Å². The van der Waals surface area contributed by atoms with Crippen molar-refractivity contribution in [3.63, 3.8) is 0 Å². The van der Waals surface area contributed by atoms with Crippen LogP contribution in [0.3, 0.4) is 0 Å². The fourth-order valence-electron chi connectivity index (χ4n) is 1.43. The predicted octanol–water partition coefficient (Wildman–Crippen LogP) is 1.35. The molecule has 0 aromatic carbocycles. The standard InChI is InChI=1S/C7H15N3S4/c8-6(11)14(9-7(12)13)10-4-2-1-3-5-10/h14H,1-5H2,(H2,8,11)(H2,9,12,13). The number of nitrogens with two attached hydrogens (primary N) is 1. The van der Waals surface area contributed by atoms with Gasteiger partial charge in [0.05, 0.1) is 0 Å². The first-order valence-corrected chi connectivity index (χ1v) is 7.01. The molecule has 0 radical (unpaired) electrons. The van der Waals surface area contributed by atoms with E-state index in [2.05, 4.69) is 21.7 Å². The van der Waals surface area contributed by atoms with E-state index in [1.165, 1.54) is 19.3 Å². The molecule has 1 saturated heterocycles. The number of hydrogen-bond donors (Lipinski definition) is 4. The number of piperidine rings is 1. The van der Waals surface area contributed by atoms with Crippen LogP contribution in [-0.2, 0) is 0 Å². The molecule has 7 heteroatoms. The molecule has 1 atom stereocenters. The molecule has 0 saturated carbocycles. The van der Waals surface area contributed by atoms with Crippen LogP contribution in [0.5, 0.6) is 0 Å². The molecule has 1 unspecified atom stereocenters. The topological polar surface area (TPSA) is 41.3 Å². The van der Waals surface area contributed by atoms with Gasteiger partial charge in [-0.15, -0.1) is 12.6 Å². The summed E-state index contributed by atoms with van der Waals surface area (Å²) in [6, 6.07) is 0. The lowest BCUT2D eigenvalue weighted by atomic mass is 10.2. The zero-order valence-corrected chi connectivity index (χ0v) is 11.2. The SMILES string of the molecule is NC(=S)[SH](NC(=S)S)N1CCCCC1. The third-order valence-electron chi connectivity index (χ3n) is 2.03. The summed E-state index contributed by atoms with van der Waals surface area (Å²) in [5.41, 5.74) is 5.68. The van der Waals surface area contributed by atoms with Gasteiger partial charge in [-0.1, -0.05) is 42.1 Å². The predicted molar refractivity (Wildman–Crippen MR) is 75.9 cm³/mol. The third-order valence-corrected chi connectivity index (χ3v) is 4.90. The Morgan fingerprint density at radius 1 is 1.29 bits per heavy atom. The van der Waals surface area contributed by atoms with E-state index in [4.69, 9.17) is 30.2 Å². The highest BCUT2D eigenvalue weighted by Crippen LogP contribution is 2.30. The largest absolute Gasteiger partial charge is 0.384 e. The molecule has 82 valence electrons. The first-order chi connectivity index (χ1) is 6.61. The van der Waals surface area contributed by atoms with Crippen LogP contribution < -0.4 is 10.5 Å². The van der Waals surface area contributed by atoms with Gasteiger partial charge in [-0.3, -0.25) is 0 Å². The van der Waals surface area contributed by atoms with Crippen molar-refractivity contribution in [3.8, 4) is 0 Å². The highest BCUT2D eigenvalue weighted by molar-refractivity contribution is 8.34. The van der Waals surface area contributed by atoms with Crippen LogP contribution in [0.2, 0.25) is 0 Å². The molecule has 0 aliphatic carbocycles. The van der Waals surface area contributed by atoms with Crippen molar-refractivity contribution in [2.24, 2.45) is 5.73 Å². The first-order valence-electron chi connectivity index (χ1n) is 4.45. The minimum absolute atomic E-state index is 0.467. The zero-order valence-electron chi connectivity index (χ0n) is 7.77. The van der Waals surface area contributed by atoms with Crippen LogP contribution >= 0.6 is 48.3 Å². The Kier molecular flexibility index (Phi) is 5.47. The number of hydrogen-bond acceptors (Lipinski definition) is 3. The Labute approximate surface area is 104 Å². The van der Waals surface area contributed by atoms with Gasteiger partial charge < -0.3 is 10.5 Å². The molecule has 0 spiro atoms. The Morgan fingerprint density at radius 3 is 2.29 bits per heavy atom. The summed E-state index contributed by atoms with van der Waals surface area (Å²) in [5.74, 6) is 0. The second kappa shape index (κ2) is 6.12. The fourth-order valence-corrected chi connectivity index (χ4v) is 3.85. The van der Waals surface area contributed by atoms with E-state index in [0.29, 0.717) is 8.64 Å². The maximum atomic E-state index is 5.68. The van der Waals surface area contributed by atoms with Gasteiger partial charge in [-0.2, -0.15) is 0 Å². The van der Waals surface area contributed by atoms with Gasteiger partial charge in [0, 0.05) is 13.1 Å². The van der Waals surface area contributed by atoms with Gasteiger partial charge in [0.2, 0.25) is 0 Å². The number of nitrogens with one attached hydrogen (secondary N) is 1. The molecule has 1 fully saturated rings. The number of rotatable bonds is 1. The minimum atomic E-state index is -0.802. The number of thiol groups is 2. The quantitative estimate of drug-likeness (QED) is 0.427. The Balaban J connectivity index is 2.56. The van der Waals surface area contributed by atoms with Crippen molar-refractivity contribution in [2.45, 2.75) is 19.3 Å². The van der Waals surface area contributed by atoms with Gasteiger partial charge in [0.1, 0.15) is 8.64 Å². The molecule has 1 aliphatic rings. The second-order valence-corrected chi connectivity index (χ2v) is 6.88. The molecule has 3 nitrogen and oxygen atoms in total. The number of nitrogens with zero attached hydrogens (tertiary/aromatic N) is 1. The van der Waals surface area contributed by atoms with E-state index in [-0.39, 0.29) is 0 Å². The Morgan fingerprint density at radius 2 is 1.86 bits per heavy atom. The lowest BCUT2D eigenvalue weighted by Gasteiger charge is -2.36. The van der Waals surface area contributed by atoms with Gasteiger partial charge in [-0.05, 0) is 12.8 Å². The molecule has 0 bridgehead atoms. The summed E-state index contributed by atoms with van der Waals surface area (Å²) in [4.78, 5) is 0. The molecular formula is C7H15N3S4. The van der Waals surface area contributed by atoms with Crippen molar-refractivity contribution in [3.05, 3.63) is 0 Å². The van der Waals surface area contributed by atoms with E-state index in [9.17, 15) is 0 Å². The molecule has 0 aromatic heterocycles. The molecule has 1 aliphatic heterocycles. The Bertz CT molecular complexity index is 227. The van der Waals surface area contributed by atoms with Crippen LogP contribution in [0.15, 0.2) is 0 Å². The van der Waals surface area contributed by atoms with Gasteiger partial charge in [0.15, 0.2) is 0 Å². The third kappa shape index (κ3) is 3.90. The molecule has 1 heterocycles. The van der Waals surface area contributed by atoms with Crippen molar-refractivity contribution < 1.29 is 0 Å². The summed E-state index contributed by atoms with van der Waals surface area (Å²) in [5, 5.41) is 0. The van der Waals surface area contributed by atoms with Crippen LogP contribution in [0.1, 0.15) is 19.3 Å². The van der Waals surface area contributed by atoms with Crippen molar-refractivity contribution in [1.82, 2.24) is 9.03 Å². The summed E-state index contributed by atoms with van der Waals surface area (Å²) in [6.45, 7) is 2.10. The van der Waals surface area contributed by atoms with E-state index in [0.717, 1.165) is 13.1 Å². The van der Waals surface area contributed by atoms with Crippen molar-refractivity contribution in [2.75, 3.05) is 13.1 Å². The smallest absolute Gasteiger partial charge is 0.141 e. The van der Waals surface area contributed by atoms with Crippen LogP contribution in [0.25, 0.3) is 0 Å². The fraction of sp³-hybridized carbons (Fsp3) is 0.714. The highest BCUT2D eigenvalue weighted by Gasteiger charge is 2.19. The van der Waals surface area contributed by atoms with Gasteiger partial charge in [0.25, 0.3) is 0 Å². The molecule has 3 N–H and O–H groups in total. The molecule has 14 heavy (non-hydrogen) atoms. The summed E-state index contributed by atoms with van der Waals surface area (Å²) < 4.78 is 6.32. The zero-order chi connectivity index (χ0) is 10.6. The van der Waals surface area contributed by atoms with Gasteiger partial charge >= 0.3 is 0 Å².